The van der Waals surface area contributed by atoms with E-state index < -0.39 is 17.6 Å². The molecule has 0 aliphatic rings. The highest BCUT2D eigenvalue weighted by Gasteiger charge is 2.33. The van der Waals surface area contributed by atoms with Crippen molar-refractivity contribution >= 4 is 40.4 Å². The standard InChI is InChI=1S/C17H12Cl2F3N3O2/c1-8-14(16(26)24-10-3-4-13(27-2)11(18)6-10)25-7-9(17(20,21)22)5-12(19)15(25)23-8/h3-7H,1-2H3,(H,24,26). The Morgan fingerprint density at radius 2 is 1.93 bits per heavy atom. The number of halogens is 5. The van der Waals surface area contributed by atoms with Gasteiger partial charge in [-0.05, 0) is 31.2 Å². The topological polar surface area (TPSA) is 55.6 Å². The first kappa shape index (κ1) is 19.3. The Morgan fingerprint density at radius 3 is 2.52 bits per heavy atom. The number of aryl methyl sites for hydroxylation is 1. The van der Waals surface area contributed by atoms with E-state index in [0.717, 1.165) is 16.7 Å². The lowest BCUT2D eigenvalue weighted by Crippen LogP contribution is -2.16. The summed E-state index contributed by atoms with van der Waals surface area (Å²) in [6.07, 6.45) is -3.83. The number of hydrogen-bond donors (Lipinski definition) is 1. The van der Waals surface area contributed by atoms with Crippen molar-refractivity contribution in [1.82, 2.24) is 9.38 Å². The molecule has 1 aromatic carbocycles. The molecule has 0 aliphatic heterocycles. The van der Waals surface area contributed by atoms with Crippen LogP contribution in [0.25, 0.3) is 5.65 Å². The summed E-state index contributed by atoms with van der Waals surface area (Å²) in [6, 6.07) is 5.34. The highest BCUT2D eigenvalue weighted by molar-refractivity contribution is 6.33. The number of rotatable bonds is 3. The summed E-state index contributed by atoms with van der Waals surface area (Å²) in [5, 5.41) is 2.65. The number of ether oxygens (including phenoxy) is 1. The van der Waals surface area contributed by atoms with E-state index >= 15 is 0 Å². The summed E-state index contributed by atoms with van der Waals surface area (Å²) < 4.78 is 45.3. The van der Waals surface area contributed by atoms with Gasteiger partial charge in [0.05, 0.1) is 28.4 Å². The normalized spacial score (nSPS) is 11.7. The largest absolute Gasteiger partial charge is 0.495 e. The molecule has 5 nitrogen and oxygen atoms in total. The van der Waals surface area contributed by atoms with Crippen molar-refractivity contribution in [3.63, 3.8) is 0 Å². The number of benzene rings is 1. The number of carbonyl (C=O) groups excluding carboxylic acids is 1. The number of nitrogens with one attached hydrogen (secondary N) is 1. The summed E-state index contributed by atoms with van der Waals surface area (Å²) in [5.74, 6) is -0.237. The second-order valence-corrected chi connectivity index (χ2v) is 6.43. The molecule has 2 aromatic heterocycles. The van der Waals surface area contributed by atoms with Crippen molar-refractivity contribution in [1.29, 1.82) is 0 Å². The van der Waals surface area contributed by atoms with E-state index in [0.29, 0.717) is 11.4 Å². The van der Waals surface area contributed by atoms with E-state index in [9.17, 15) is 18.0 Å². The van der Waals surface area contributed by atoms with Crippen LogP contribution < -0.4 is 10.1 Å². The fraction of sp³-hybridized carbons (Fsp3) is 0.176. The van der Waals surface area contributed by atoms with E-state index in [2.05, 4.69) is 10.3 Å². The number of hydrogen-bond acceptors (Lipinski definition) is 3. The number of methoxy groups -OCH3 is 1. The molecule has 27 heavy (non-hydrogen) atoms. The summed E-state index contributed by atoms with van der Waals surface area (Å²) in [4.78, 5) is 16.8. The van der Waals surface area contributed by atoms with Gasteiger partial charge < -0.3 is 10.1 Å². The third-order valence-electron chi connectivity index (χ3n) is 3.80. The monoisotopic (exact) mass is 417 g/mol. The molecule has 0 fully saturated rings. The molecule has 1 amide bonds. The van der Waals surface area contributed by atoms with Gasteiger partial charge in [0.2, 0.25) is 0 Å². The predicted octanol–water partition coefficient (Wildman–Crippen LogP) is 5.23. The molecule has 0 aliphatic carbocycles. The quantitative estimate of drug-likeness (QED) is 0.634. The molecule has 142 valence electrons. The minimum absolute atomic E-state index is 0.0556. The highest BCUT2D eigenvalue weighted by Crippen LogP contribution is 2.33. The Hall–Kier alpha value is -2.45. The third-order valence-corrected chi connectivity index (χ3v) is 4.38. The Morgan fingerprint density at radius 1 is 1.22 bits per heavy atom. The first-order valence-electron chi connectivity index (χ1n) is 7.52. The molecule has 0 radical (unpaired) electrons. The molecule has 0 saturated heterocycles. The van der Waals surface area contributed by atoms with Gasteiger partial charge in [0.15, 0.2) is 5.65 Å². The fourth-order valence-electron chi connectivity index (χ4n) is 2.58. The van der Waals surface area contributed by atoms with Gasteiger partial charge in [-0.2, -0.15) is 13.2 Å². The molecule has 1 N–H and O–H groups in total. The highest BCUT2D eigenvalue weighted by atomic mass is 35.5. The molecular weight excluding hydrogens is 406 g/mol. The van der Waals surface area contributed by atoms with E-state index in [1.165, 1.54) is 20.1 Å². The number of anilines is 1. The van der Waals surface area contributed by atoms with Crippen LogP contribution >= 0.6 is 23.2 Å². The molecule has 0 saturated carbocycles. The van der Waals surface area contributed by atoms with Crippen molar-refractivity contribution in [2.45, 2.75) is 13.1 Å². The van der Waals surface area contributed by atoms with Gasteiger partial charge in [-0.1, -0.05) is 23.2 Å². The number of carbonyl (C=O) groups is 1. The lowest BCUT2D eigenvalue weighted by Gasteiger charge is -2.11. The van der Waals surface area contributed by atoms with Crippen molar-refractivity contribution in [2.24, 2.45) is 0 Å². The van der Waals surface area contributed by atoms with Crippen LogP contribution in [0.2, 0.25) is 10.0 Å². The Labute approximate surface area is 161 Å². The van der Waals surface area contributed by atoms with Crippen LogP contribution in [-0.4, -0.2) is 22.4 Å². The van der Waals surface area contributed by atoms with Gasteiger partial charge in [0.1, 0.15) is 11.4 Å². The molecule has 0 atom stereocenters. The SMILES string of the molecule is COc1ccc(NC(=O)c2c(C)nc3c(Cl)cc(C(F)(F)F)cn23)cc1Cl. The van der Waals surface area contributed by atoms with Crippen LogP contribution in [0.4, 0.5) is 18.9 Å². The minimum Gasteiger partial charge on any atom is -0.495 e. The molecule has 2 heterocycles. The van der Waals surface area contributed by atoms with Gasteiger partial charge in [-0.3, -0.25) is 9.20 Å². The molecule has 0 spiro atoms. The minimum atomic E-state index is -4.62. The summed E-state index contributed by atoms with van der Waals surface area (Å²) in [5.41, 5.74) is -0.421. The van der Waals surface area contributed by atoms with Crippen LogP contribution in [0.5, 0.6) is 5.75 Å². The number of amides is 1. The zero-order valence-electron chi connectivity index (χ0n) is 14.0. The number of pyridine rings is 1. The van der Waals surface area contributed by atoms with Gasteiger partial charge in [-0.25, -0.2) is 4.98 Å². The van der Waals surface area contributed by atoms with Gasteiger partial charge in [0, 0.05) is 11.9 Å². The average Bonchev–Trinajstić information content (AvgIpc) is 2.91. The molecule has 0 unspecified atom stereocenters. The smallest absolute Gasteiger partial charge is 0.417 e. The fourth-order valence-corrected chi connectivity index (χ4v) is 3.09. The van der Waals surface area contributed by atoms with Crippen molar-refractivity contribution in [3.8, 4) is 5.75 Å². The maximum absolute atomic E-state index is 13.1. The zero-order valence-corrected chi connectivity index (χ0v) is 15.5. The van der Waals surface area contributed by atoms with E-state index in [-0.39, 0.29) is 27.1 Å². The molecule has 3 aromatic rings. The zero-order chi connectivity index (χ0) is 19.9. The second-order valence-electron chi connectivity index (χ2n) is 5.62. The third kappa shape index (κ3) is 3.68. The molecular formula is C17H12Cl2F3N3O2. The van der Waals surface area contributed by atoms with E-state index in [4.69, 9.17) is 27.9 Å². The molecule has 10 heteroatoms. The number of imidazole rings is 1. The van der Waals surface area contributed by atoms with Gasteiger partial charge in [-0.15, -0.1) is 0 Å². The van der Waals surface area contributed by atoms with Crippen LogP contribution in [0.3, 0.4) is 0 Å². The Bertz CT molecular complexity index is 1050. The second kappa shape index (κ2) is 6.94. The van der Waals surface area contributed by atoms with E-state index in [1.54, 1.807) is 12.1 Å². The lowest BCUT2D eigenvalue weighted by atomic mass is 10.2. The Kier molecular flexibility index (Phi) is 4.96. The molecule has 0 bridgehead atoms. The maximum Gasteiger partial charge on any atom is 0.417 e. The van der Waals surface area contributed by atoms with Crippen LogP contribution in [0, 0.1) is 6.92 Å². The predicted molar refractivity (Wildman–Crippen MR) is 95.9 cm³/mol. The number of fused-ring (bicyclic) bond motifs is 1. The van der Waals surface area contributed by atoms with Crippen LogP contribution in [-0.2, 0) is 6.18 Å². The average molecular weight is 418 g/mol. The number of aromatic nitrogens is 2. The van der Waals surface area contributed by atoms with Crippen LogP contribution in [0.1, 0.15) is 21.7 Å². The first-order chi connectivity index (χ1) is 12.6. The lowest BCUT2D eigenvalue weighted by molar-refractivity contribution is -0.137. The maximum atomic E-state index is 13.1. The summed E-state index contributed by atoms with van der Waals surface area (Å²) >= 11 is 11.9. The van der Waals surface area contributed by atoms with Crippen molar-refractivity contribution in [3.05, 3.63) is 57.5 Å². The summed E-state index contributed by atoms with van der Waals surface area (Å²) in [7, 11) is 1.45. The van der Waals surface area contributed by atoms with Gasteiger partial charge >= 0.3 is 6.18 Å². The van der Waals surface area contributed by atoms with Crippen molar-refractivity contribution < 1.29 is 22.7 Å². The van der Waals surface area contributed by atoms with E-state index in [1.807, 2.05) is 0 Å². The van der Waals surface area contributed by atoms with Gasteiger partial charge in [0.25, 0.3) is 5.91 Å². The van der Waals surface area contributed by atoms with Crippen LogP contribution in [0.15, 0.2) is 30.5 Å². The Balaban J connectivity index is 2.05. The molecule has 3 rings (SSSR count). The number of nitrogens with zero attached hydrogens (tertiary/aromatic N) is 2. The summed E-state index contributed by atoms with van der Waals surface area (Å²) in [6.45, 7) is 1.51. The van der Waals surface area contributed by atoms with Crippen molar-refractivity contribution in [2.75, 3.05) is 12.4 Å². The first-order valence-corrected chi connectivity index (χ1v) is 8.27. The number of alkyl halides is 3.